The number of aryl methyl sites for hydroxylation is 1. The Morgan fingerprint density at radius 1 is 1.62 bits per heavy atom. The van der Waals surface area contributed by atoms with Crippen LogP contribution >= 0.6 is 0 Å². The minimum Gasteiger partial charge on any atom is -0.468 e. The molecule has 0 aromatic carbocycles. The summed E-state index contributed by atoms with van der Waals surface area (Å²) < 4.78 is 6.17. The standard InChI is InChI=1S/C10H18N4O2/c1-6(2)9-8(11)10(14(3)13-9)12-5-7(15)16-4/h6,12H,5,11H2,1-4H3. The minimum absolute atomic E-state index is 0.0811. The Balaban J connectivity index is 2.84. The average Bonchev–Trinajstić information content (AvgIpc) is 2.51. The fraction of sp³-hybridized carbons (Fsp3) is 0.600. The molecule has 0 unspecified atom stereocenters. The molecule has 0 amide bonds. The largest absolute Gasteiger partial charge is 0.468 e. The summed E-state index contributed by atoms with van der Waals surface area (Å²) in [6.07, 6.45) is 0. The van der Waals surface area contributed by atoms with Crippen molar-refractivity contribution < 1.29 is 9.53 Å². The third kappa shape index (κ3) is 2.44. The molecule has 0 spiro atoms. The van der Waals surface area contributed by atoms with Crippen molar-refractivity contribution >= 4 is 17.5 Å². The lowest BCUT2D eigenvalue weighted by Crippen LogP contribution is -2.17. The number of nitrogen functional groups attached to an aromatic ring is 1. The third-order valence-corrected chi connectivity index (χ3v) is 2.29. The number of rotatable bonds is 4. The van der Waals surface area contributed by atoms with Gasteiger partial charge in [-0.25, -0.2) is 0 Å². The van der Waals surface area contributed by atoms with E-state index in [2.05, 4.69) is 15.2 Å². The van der Waals surface area contributed by atoms with Crippen LogP contribution in [0.15, 0.2) is 0 Å². The summed E-state index contributed by atoms with van der Waals surface area (Å²) in [5.41, 5.74) is 7.35. The highest BCUT2D eigenvalue weighted by Gasteiger charge is 2.16. The maximum absolute atomic E-state index is 11.0. The average molecular weight is 226 g/mol. The lowest BCUT2D eigenvalue weighted by atomic mass is 10.1. The highest BCUT2D eigenvalue weighted by molar-refractivity contribution is 5.77. The molecule has 6 heteroatoms. The molecule has 1 heterocycles. The molecule has 0 saturated heterocycles. The maximum atomic E-state index is 11.0. The molecule has 0 saturated carbocycles. The molecule has 1 rings (SSSR count). The lowest BCUT2D eigenvalue weighted by Gasteiger charge is -2.06. The van der Waals surface area contributed by atoms with Gasteiger partial charge in [-0.3, -0.25) is 9.48 Å². The van der Waals surface area contributed by atoms with Gasteiger partial charge in [-0.15, -0.1) is 0 Å². The highest BCUT2D eigenvalue weighted by Crippen LogP contribution is 2.27. The van der Waals surface area contributed by atoms with E-state index in [1.807, 2.05) is 13.8 Å². The number of nitrogens with two attached hydrogens (primary N) is 1. The van der Waals surface area contributed by atoms with Crippen LogP contribution in [0.5, 0.6) is 0 Å². The molecule has 3 N–H and O–H groups in total. The minimum atomic E-state index is -0.341. The fourth-order valence-electron chi connectivity index (χ4n) is 1.43. The summed E-state index contributed by atoms with van der Waals surface area (Å²) in [6.45, 7) is 4.11. The van der Waals surface area contributed by atoms with Crippen LogP contribution in [0.25, 0.3) is 0 Å². The first-order valence-electron chi connectivity index (χ1n) is 5.10. The Kier molecular flexibility index (Phi) is 3.76. The van der Waals surface area contributed by atoms with Crippen LogP contribution in [-0.2, 0) is 16.6 Å². The molecular weight excluding hydrogens is 208 g/mol. The number of hydrogen-bond acceptors (Lipinski definition) is 5. The topological polar surface area (TPSA) is 82.2 Å². The van der Waals surface area contributed by atoms with E-state index in [1.54, 1.807) is 11.7 Å². The van der Waals surface area contributed by atoms with Crippen LogP contribution in [-0.4, -0.2) is 29.4 Å². The first-order chi connectivity index (χ1) is 7.47. The van der Waals surface area contributed by atoms with E-state index >= 15 is 0 Å². The summed E-state index contributed by atoms with van der Waals surface area (Å²) in [7, 11) is 3.12. The van der Waals surface area contributed by atoms with E-state index in [0.717, 1.165) is 5.69 Å². The predicted molar refractivity (Wildman–Crippen MR) is 62.2 cm³/mol. The zero-order chi connectivity index (χ0) is 12.3. The van der Waals surface area contributed by atoms with Gasteiger partial charge in [-0.05, 0) is 5.92 Å². The smallest absolute Gasteiger partial charge is 0.325 e. The van der Waals surface area contributed by atoms with Crippen LogP contribution in [0, 0.1) is 0 Å². The van der Waals surface area contributed by atoms with E-state index in [1.165, 1.54) is 7.11 Å². The Hall–Kier alpha value is -1.72. The van der Waals surface area contributed by atoms with Gasteiger partial charge in [0.1, 0.15) is 12.4 Å². The molecule has 90 valence electrons. The van der Waals surface area contributed by atoms with Crippen molar-refractivity contribution in [2.75, 3.05) is 24.7 Å². The second kappa shape index (κ2) is 4.87. The quantitative estimate of drug-likeness (QED) is 0.739. The zero-order valence-corrected chi connectivity index (χ0v) is 10.1. The number of ether oxygens (including phenoxy) is 1. The highest BCUT2D eigenvalue weighted by atomic mass is 16.5. The van der Waals surface area contributed by atoms with Gasteiger partial charge in [-0.1, -0.05) is 13.8 Å². The molecular formula is C10H18N4O2. The zero-order valence-electron chi connectivity index (χ0n) is 10.1. The van der Waals surface area contributed by atoms with Crippen molar-refractivity contribution in [3.8, 4) is 0 Å². The van der Waals surface area contributed by atoms with Crippen molar-refractivity contribution in [1.29, 1.82) is 0 Å². The van der Waals surface area contributed by atoms with Crippen LogP contribution in [0.1, 0.15) is 25.5 Å². The van der Waals surface area contributed by atoms with Gasteiger partial charge >= 0.3 is 5.97 Å². The second-order valence-electron chi connectivity index (χ2n) is 3.86. The molecule has 1 aromatic rings. The summed E-state index contributed by atoms with van der Waals surface area (Å²) in [5.74, 6) is 0.556. The molecule has 1 aromatic heterocycles. The Morgan fingerprint density at radius 2 is 2.25 bits per heavy atom. The summed E-state index contributed by atoms with van der Waals surface area (Å²) >= 11 is 0. The van der Waals surface area contributed by atoms with E-state index in [-0.39, 0.29) is 18.4 Å². The van der Waals surface area contributed by atoms with Gasteiger partial charge in [0.05, 0.1) is 18.5 Å². The van der Waals surface area contributed by atoms with Crippen LogP contribution < -0.4 is 11.1 Å². The number of carbonyl (C=O) groups excluding carboxylic acids is 1. The number of aromatic nitrogens is 2. The monoisotopic (exact) mass is 226 g/mol. The fourth-order valence-corrected chi connectivity index (χ4v) is 1.43. The Morgan fingerprint density at radius 3 is 2.69 bits per heavy atom. The molecule has 0 aliphatic heterocycles. The number of carbonyl (C=O) groups is 1. The first kappa shape index (κ1) is 12.4. The number of methoxy groups -OCH3 is 1. The van der Waals surface area contributed by atoms with Gasteiger partial charge in [-0.2, -0.15) is 5.10 Å². The Labute approximate surface area is 94.8 Å². The molecule has 16 heavy (non-hydrogen) atoms. The SMILES string of the molecule is COC(=O)CNc1c(N)c(C(C)C)nn1C. The molecule has 0 bridgehead atoms. The van der Waals surface area contributed by atoms with Gasteiger partial charge < -0.3 is 15.8 Å². The molecule has 0 radical (unpaired) electrons. The second-order valence-corrected chi connectivity index (χ2v) is 3.86. The normalized spacial score (nSPS) is 10.6. The summed E-state index contributed by atoms with van der Waals surface area (Å²) in [5, 5.41) is 7.20. The van der Waals surface area contributed by atoms with Gasteiger partial charge in [0.15, 0.2) is 0 Å². The first-order valence-corrected chi connectivity index (χ1v) is 5.10. The van der Waals surface area contributed by atoms with Crippen molar-refractivity contribution in [2.45, 2.75) is 19.8 Å². The van der Waals surface area contributed by atoms with Gasteiger partial charge in [0, 0.05) is 7.05 Å². The number of nitrogens with zero attached hydrogens (tertiary/aromatic N) is 2. The molecule has 0 aliphatic rings. The number of nitrogens with one attached hydrogen (secondary N) is 1. The predicted octanol–water partition coefficient (Wildman–Crippen LogP) is 0.711. The third-order valence-electron chi connectivity index (χ3n) is 2.29. The number of anilines is 2. The van der Waals surface area contributed by atoms with Crippen molar-refractivity contribution in [1.82, 2.24) is 9.78 Å². The Bertz CT molecular complexity index is 384. The van der Waals surface area contributed by atoms with E-state index in [0.29, 0.717) is 11.5 Å². The van der Waals surface area contributed by atoms with Gasteiger partial charge in [0.25, 0.3) is 0 Å². The molecule has 0 atom stereocenters. The molecule has 6 nitrogen and oxygen atoms in total. The molecule has 0 fully saturated rings. The number of hydrogen-bond donors (Lipinski definition) is 2. The lowest BCUT2D eigenvalue weighted by molar-refractivity contribution is -0.138. The van der Waals surface area contributed by atoms with Crippen molar-refractivity contribution in [2.24, 2.45) is 7.05 Å². The van der Waals surface area contributed by atoms with Crippen molar-refractivity contribution in [3.63, 3.8) is 0 Å². The van der Waals surface area contributed by atoms with Crippen LogP contribution in [0.4, 0.5) is 11.5 Å². The molecule has 0 aliphatic carbocycles. The van der Waals surface area contributed by atoms with E-state index in [4.69, 9.17) is 5.73 Å². The summed E-state index contributed by atoms with van der Waals surface area (Å²) in [4.78, 5) is 11.0. The van der Waals surface area contributed by atoms with Gasteiger partial charge in [0.2, 0.25) is 0 Å². The van der Waals surface area contributed by atoms with Crippen LogP contribution in [0.3, 0.4) is 0 Å². The van der Waals surface area contributed by atoms with E-state index < -0.39 is 0 Å². The van der Waals surface area contributed by atoms with Crippen molar-refractivity contribution in [3.05, 3.63) is 5.69 Å². The summed E-state index contributed by atoms with van der Waals surface area (Å²) in [6, 6.07) is 0. The maximum Gasteiger partial charge on any atom is 0.325 e. The number of esters is 1. The van der Waals surface area contributed by atoms with E-state index in [9.17, 15) is 4.79 Å². The van der Waals surface area contributed by atoms with Crippen LogP contribution in [0.2, 0.25) is 0 Å².